The Kier molecular flexibility index (Phi) is 9.96. The largest absolute Gasteiger partial charge is 0.497 e. The van der Waals surface area contributed by atoms with Gasteiger partial charge < -0.3 is 24.8 Å². The lowest BCUT2D eigenvalue weighted by atomic mass is 9.80. The fourth-order valence-corrected chi connectivity index (χ4v) is 4.61. The van der Waals surface area contributed by atoms with E-state index in [1.165, 1.54) is 43.9 Å². The summed E-state index contributed by atoms with van der Waals surface area (Å²) in [6, 6.07) is 8.16. The zero-order valence-corrected chi connectivity index (χ0v) is 25.2. The van der Waals surface area contributed by atoms with Crippen LogP contribution in [0.4, 0.5) is 35.0 Å². The molecule has 14 heteroatoms. The van der Waals surface area contributed by atoms with E-state index >= 15 is 0 Å². The van der Waals surface area contributed by atoms with Crippen molar-refractivity contribution in [3.8, 4) is 5.75 Å². The van der Waals surface area contributed by atoms with Gasteiger partial charge in [-0.05, 0) is 63.6 Å². The minimum Gasteiger partial charge on any atom is -0.497 e. The topological polar surface area (TPSA) is 141 Å². The van der Waals surface area contributed by atoms with Gasteiger partial charge in [-0.15, -0.1) is 0 Å². The van der Waals surface area contributed by atoms with Gasteiger partial charge in [0, 0.05) is 24.8 Å². The average Bonchev–Trinajstić information content (AvgIpc) is 3.45. The number of aromatic nitrogens is 2. The molecule has 1 saturated heterocycles. The summed E-state index contributed by atoms with van der Waals surface area (Å²) in [4.78, 5) is 47.0. The highest BCUT2D eigenvalue weighted by molar-refractivity contribution is 6.00. The molecule has 1 aliphatic rings. The highest BCUT2D eigenvalue weighted by Crippen LogP contribution is 2.38. The van der Waals surface area contributed by atoms with Crippen LogP contribution in [-0.4, -0.2) is 53.7 Å². The van der Waals surface area contributed by atoms with Crippen LogP contribution in [0.3, 0.4) is 0 Å². The number of Topliss-reactive ketones (excluding diaryl/α,β-unsaturated/α-hetero) is 1. The fraction of sp³-hybridized carbons (Fsp3) is 0.387. The van der Waals surface area contributed by atoms with Crippen LogP contribution in [0.2, 0.25) is 0 Å². The smallest absolute Gasteiger partial charge is 0.418 e. The average molecular weight is 630 g/mol. The number of carbonyl (C=O) groups excluding carboxylic acids is 3. The van der Waals surface area contributed by atoms with E-state index in [1.54, 1.807) is 32.9 Å². The number of ketones is 1. The number of carbonyl (C=O) groups is 3. The van der Waals surface area contributed by atoms with Crippen LogP contribution >= 0.6 is 0 Å². The molecular formula is C31H34F3N5O6. The molecule has 1 fully saturated rings. The zero-order valence-electron chi connectivity index (χ0n) is 25.2. The molecule has 1 atom stereocenters. The van der Waals surface area contributed by atoms with Crippen molar-refractivity contribution >= 4 is 34.8 Å². The molecule has 11 nitrogen and oxygen atoms in total. The first-order chi connectivity index (χ1) is 21.2. The number of ether oxygens (including phenoxy) is 3. The predicted molar refractivity (Wildman–Crippen MR) is 158 cm³/mol. The molecule has 0 unspecified atom stereocenters. The monoisotopic (exact) mass is 629 g/mol. The molecule has 240 valence electrons. The van der Waals surface area contributed by atoms with Gasteiger partial charge in [0.25, 0.3) is 0 Å². The fourth-order valence-electron chi connectivity index (χ4n) is 4.61. The van der Waals surface area contributed by atoms with Crippen molar-refractivity contribution in [1.29, 1.82) is 0 Å². The molecule has 0 radical (unpaired) electrons. The van der Waals surface area contributed by atoms with Gasteiger partial charge >= 0.3 is 12.3 Å². The molecule has 45 heavy (non-hydrogen) atoms. The lowest BCUT2D eigenvalue weighted by Crippen LogP contribution is -2.42. The van der Waals surface area contributed by atoms with Crippen LogP contribution in [0.5, 0.6) is 5.75 Å². The molecule has 0 saturated carbocycles. The summed E-state index contributed by atoms with van der Waals surface area (Å²) in [6.07, 6.45) is -1.06. The van der Waals surface area contributed by atoms with Crippen molar-refractivity contribution in [1.82, 2.24) is 15.3 Å². The molecule has 0 bridgehead atoms. The second-order valence-corrected chi connectivity index (χ2v) is 11.5. The van der Waals surface area contributed by atoms with Gasteiger partial charge in [-0.1, -0.05) is 0 Å². The second-order valence-electron chi connectivity index (χ2n) is 11.5. The van der Waals surface area contributed by atoms with Crippen molar-refractivity contribution in [2.75, 3.05) is 31.0 Å². The lowest BCUT2D eigenvalue weighted by molar-refractivity contribution is -0.137. The molecule has 0 spiro atoms. The third kappa shape index (κ3) is 8.91. The molecule has 0 aliphatic carbocycles. The van der Waals surface area contributed by atoms with E-state index in [2.05, 4.69) is 25.9 Å². The summed E-state index contributed by atoms with van der Waals surface area (Å²) >= 11 is 0. The quantitative estimate of drug-likeness (QED) is 0.234. The summed E-state index contributed by atoms with van der Waals surface area (Å²) in [5, 5.41) is 8.07. The van der Waals surface area contributed by atoms with Crippen LogP contribution in [0.15, 0.2) is 55.0 Å². The third-order valence-electron chi connectivity index (χ3n) is 6.86. The van der Waals surface area contributed by atoms with Gasteiger partial charge in [-0.25, -0.2) is 4.79 Å². The van der Waals surface area contributed by atoms with E-state index in [0.717, 1.165) is 6.07 Å². The molecule has 1 aromatic carbocycles. The number of nitrogens with one attached hydrogen (secondary N) is 3. The van der Waals surface area contributed by atoms with E-state index < -0.39 is 34.8 Å². The Bertz CT molecular complexity index is 1530. The molecule has 3 aromatic rings. The van der Waals surface area contributed by atoms with Crippen molar-refractivity contribution in [2.45, 2.75) is 51.9 Å². The standard InChI is InChI=1S/C31H34F3N5O6/c1-29(2,3)45-28(42)39-22-11-19(14-35-15-22)26(40)13-30(9-10-44-18-30)27(41)37-16-20-5-6-21(17-36-20)38-25-8-7-23(43-4)12-24(25)31(32,33)34/h5-8,11-12,14-15,17,38H,9-10,13,16,18H2,1-4H3,(H,37,41)(H,39,42)/t30-/m0/s1. The number of nitrogens with zero attached hydrogens (tertiary/aromatic N) is 2. The summed E-state index contributed by atoms with van der Waals surface area (Å²) in [5.41, 5.74) is -1.66. The minimum atomic E-state index is -4.61. The number of pyridine rings is 2. The van der Waals surface area contributed by atoms with E-state index in [9.17, 15) is 27.6 Å². The van der Waals surface area contributed by atoms with Crippen LogP contribution in [-0.2, 0) is 27.0 Å². The number of methoxy groups -OCH3 is 1. The first kappa shape index (κ1) is 33.2. The molecule has 2 aromatic heterocycles. The van der Waals surface area contributed by atoms with Gasteiger partial charge in [-0.3, -0.25) is 24.9 Å². The Morgan fingerprint density at radius 1 is 1.02 bits per heavy atom. The summed E-state index contributed by atoms with van der Waals surface area (Å²) in [6.45, 7) is 5.52. The van der Waals surface area contributed by atoms with Gasteiger partial charge in [0.2, 0.25) is 5.91 Å². The van der Waals surface area contributed by atoms with Gasteiger partial charge in [0.1, 0.15) is 11.4 Å². The van der Waals surface area contributed by atoms with E-state index in [0.29, 0.717) is 24.4 Å². The van der Waals surface area contributed by atoms with Crippen LogP contribution < -0.4 is 20.7 Å². The van der Waals surface area contributed by atoms with Crippen LogP contribution in [0, 0.1) is 5.41 Å². The van der Waals surface area contributed by atoms with Crippen molar-refractivity contribution in [2.24, 2.45) is 5.41 Å². The molecular weight excluding hydrogens is 595 g/mol. The van der Waals surface area contributed by atoms with Crippen LogP contribution in [0.25, 0.3) is 0 Å². The van der Waals surface area contributed by atoms with E-state index in [1.807, 2.05) is 0 Å². The number of benzene rings is 1. The van der Waals surface area contributed by atoms with Gasteiger partial charge in [0.15, 0.2) is 5.78 Å². The van der Waals surface area contributed by atoms with Gasteiger partial charge in [0.05, 0.1) is 66.4 Å². The maximum Gasteiger partial charge on any atom is 0.418 e. The second kappa shape index (κ2) is 13.5. The number of rotatable bonds is 10. The first-order valence-corrected chi connectivity index (χ1v) is 14.0. The molecule has 2 amide bonds. The molecule has 4 rings (SSSR count). The highest BCUT2D eigenvalue weighted by Gasteiger charge is 2.44. The lowest BCUT2D eigenvalue weighted by Gasteiger charge is -2.25. The molecule has 1 aliphatic heterocycles. The third-order valence-corrected chi connectivity index (χ3v) is 6.86. The maximum absolute atomic E-state index is 13.6. The summed E-state index contributed by atoms with van der Waals surface area (Å²) < 4.78 is 56.3. The number of halogens is 3. The highest BCUT2D eigenvalue weighted by atomic mass is 19.4. The first-order valence-electron chi connectivity index (χ1n) is 14.0. The summed E-state index contributed by atoms with van der Waals surface area (Å²) in [5.74, 6) is -0.688. The molecule has 3 heterocycles. The predicted octanol–water partition coefficient (Wildman–Crippen LogP) is 5.89. The van der Waals surface area contributed by atoms with E-state index in [-0.39, 0.29) is 48.0 Å². The maximum atomic E-state index is 13.6. The van der Waals surface area contributed by atoms with Crippen LogP contribution in [0.1, 0.15) is 55.2 Å². The number of anilines is 3. The number of amides is 2. The van der Waals surface area contributed by atoms with Crippen molar-refractivity contribution < 1.29 is 41.8 Å². The minimum absolute atomic E-state index is 0.0161. The Morgan fingerprint density at radius 2 is 1.80 bits per heavy atom. The Morgan fingerprint density at radius 3 is 2.42 bits per heavy atom. The normalized spacial score (nSPS) is 16.5. The van der Waals surface area contributed by atoms with E-state index in [4.69, 9.17) is 14.2 Å². The Hall–Kier alpha value is -4.72. The SMILES string of the molecule is COc1ccc(Nc2ccc(CNC(=O)[C@]3(CC(=O)c4cncc(NC(=O)OC(C)(C)C)c4)CCOC3)nc2)c(C(F)(F)F)c1. The number of hydrogen-bond acceptors (Lipinski definition) is 9. The van der Waals surface area contributed by atoms with Crippen molar-refractivity contribution in [3.63, 3.8) is 0 Å². The van der Waals surface area contributed by atoms with Gasteiger partial charge in [-0.2, -0.15) is 13.2 Å². The number of hydrogen-bond donors (Lipinski definition) is 3. The van der Waals surface area contributed by atoms with Crippen molar-refractivity contribution in [3.05, 3.63) is 71.8 Å². The molecule has 3 N–H and O–H groups in total. The Labute approximate surface area is 257 Å². The number of alkyl halides is 3. The summed E-state index contributed by atoms with van der Waals surface area (Å²) in [7, 11) is 1.29. The zero-order chi connectivity index (χ0) is 32.8. The Balaban J connectivity index is 1.38.